The van der Waals surface area contributed by atoms with Crippen molar-refractivity contribution in [3.8, 4) is 0 Å². The highest BCUT2D eigenvalue weighted by Crippen LogP contribution is 2.53. The Balaban J connectivity index is 1.61. The third kappa shape index (κ3) is 4.95. The van der Waals surface area contributed by atoms with Crippen molar-refractivity contribution in [2.45, 2.75) is 90.2 Å². The van der Waals surface area contributed by atoms with E-state index in [-0.39, 0.29) is 11.2 Å². The first kappa shape index (κ1) is 23.4. The molecule has 1 N–H and O–H groups in total. The second-order valence-electron chi connectivity index (χ2n) is 10.6. The lowest BCUT2D eigenvalue weighted by Gasteiger charge is -2.41. The van der Waals surface area contributed by atoms with Crippen molar-refractivity contribution in [2.75, 3.05) is 12.3 Å². The van der Waals surface area contributed by atoms with Gasteiger partial charge in [-0.1, -0.05) is 42.9 Å². The quantitative estimate of drug-likeness (QED) is 0.505. The topological polar surface area (TPSA) is 46.2 Å². The molecule has 3 aliphatic carbocycles. The van der Waals surface area contributed by atoms with E-state index in [1.165, 1.54) is 55.4 Å². The lowest BCUT2D eigenvalue weighted by atomic mass is 9.65. The average Bonchev–Trinajstić information content (AvgIpc) is 3.00. The highest BCUT2D eigenvalue weighted by Gasteiger charge is 2.44. The summed E-state index contributed by atoms with van der Waals surface area (Å²) in [4.78, 5) is 0. The number of nitrogens with one attached hydrogen (secondary N) is 1. The molecule has 0 aliphatic heterocycles. The van der Waals surface area contributed by atoms with E-state index in [1.807, 2.05) is 0 Å². The summed E-state index contributed by atoms with van der Waals surface area (Å²) >= 11 is 0. The number of hydrogen-bond donors (Lipinski definition) is 1. The van der Waals surface area contributed by atoms with Gasteiger partial charge in [-0.25, -0.2) is 8.42 Å². The molecule has 3 aliphatic rings. The maximum atomic E-state index is 12.3. The van der Waals surface area contributed by atoms with Gasteiger partial charge >= 0.3 is 0 Å². The second kappa shape index (κ2) is 9.06. The van der Waals surface area contributed by atoms with Gasteiger partial charge in [0, 0.05) is 17.7 Å². The number of rotatable bonds is 6. The van der Waals surface area contributed by atoms with E-state index in [1.54, 1.807) is 26.3 Å². The number of allylic oxidation sites excluding steroid dienone is 7. The van der Waals surface area contributed by atoms with Crippen LogP contribution in [0.5, 0.6) is 0 Å². The van der Waals surface area contributed by atoms with Gasteiger partial charge in [0.2, 0.25) is 0 Å². The monoisotopic (exact) mass is 431 g/mol. The normalized spacial score (nSPS) is 30.5. The van der Waals surface area contributed by atoms with Gasteiger partial charge in [0.15, 0.2) is 9.84 Å². The maximum absolute atomic E-state index is 12.3. The minimum atomic E-state index is -3.05. The molecule has 0 radical (unpaired) electrons. The first-order chi connectivity index (χ1) is 14.0. The molecule has 0 aromatic heterocycles. The lowest BCUT2D eigenvalue weighted by molar-refractivity contribution is 0.223. The van der Waals surface area contributed by atoms with Crippen molar-refractivity contribution in [2.24, 2.45) is 11.3 Å². The highest BCUT2D eigenvalue weighted by atomic mass is 32.2. The van der Waals surface area contributed by atoms with E-state index in [0.29, 0.717) is 12.3 Å². The molecule has 0 saturated heterocycles. The predicted molar refractivity (Wildman–Crippen MR) is 128 cm³/mol. The molecule has 0 heterocycles. The third-order valence-electron chi connectivity index (χ3n) is 7.52. The van der Waals surface area contributed by atoms with Crippen LogP contribution in [-0.2, 0) is 9.84 Å². The van der Waals surface area contributed by atoms with E-state index in [9.17, 15) is 8.42 Å². The van der Waals surface area contributed by atoms with Crippen LogP contribution in [0.3, 0.4) is 0 Å². The molecular formula is C26H41NO2S. The average molecular weight is 432 g/mol. The summed E-state index contributed by atoms with van der Waals surface area (Å²) < 4.78 is 24.0. The highest BCUT2D eigenvalue weighted by molar-refractivity contribution is 7.92. The van der Waals surface area contributed by atoms with E-state index in [4.69, 9.17) is 0 Å². The van der Waals surface area contributed by atoms with Crippen molar-refractivity contribution in [1.82, 2.24) is 5.32 Å². The second-order valence-corrected chi connectivity index (χ2v) is 13.5. The molecule has 0 aromatic carbocycles. The van der Waals surface area contributed by atoms with Crippen LogP contribution in [0.15, 0.2) is 47.2 Å². The molecule has 0 amide bonds. The summed E-state index contributed by atoms with van der Waals surface area (Å²) in [6.07, 6.45) is 17.4. The Hall–Kier alpha value is -1.29. The molecule has 2 fully saturated rings. The van der Waals surface area contributed by atoms with Crippen molar-refractivity contribution < 1.29 is 8.42 Å². The van der Waals surface area contributed by atoms with E-state index in [0.717, 1.165) is 19.4 Å². The van der Waals surface area contributed by atoms with Crippen LogP contribution in [0.4, 0.5) is 0 Å². The van der Waals surface area contributed by atoms with Gasteiger partial charge < -0.3 is 5.32 Å². The Morgan fingerprint density at radius 1 is 1.17 bits per heavy atom. The van der Waals surface area contributed by atoms with Crippen molar-refractivity contribution in [3.05, 3.63) is 47.2 Å². The molecule has 168 valence electrons. The first-order valence-electron chi connectivity index (χ1n) is 11.8. The first-order valence-corrected chi connectivity index (χ1v) is 13.4. The van der Waals surface area contributed by atoms with Gasteiger partial charge in [-0.2, -0.15) is 0 Å². The minimum absolute atomic E-state index is 0.162. The zero-order valence-corrected chi connectivity index (χ0v) is 20.3. The molecule has 0 bridgehead atoms. The maximum Gasteiger partial charge on any atom is 0.155 e. The van der Waals surface area contributed by atoms with Gasteiger partial charge in [-0.3, -0.25) is 0 Å². The Morgan fingerprint density at radius 2 is 1.90 bits per heavy atom. The van der Waals surface area contributed by atoms with Gasteiger partial charge in [-0.05, 0) is 90.0 Å². The Morgan fingerprint density at radius 3 is 2.60 bits per heavy atom. The van der Waals surface area contributed by atoms with Crippen LogP contribution in [0.1, 0.15) is 85.5 Å². The third-order valence-corrected chi connectivity index (χ3v) is 10.2. The molecule has 3 nitrogen and oxygen atoms in total. The molecule has 0 aromatic rings. The fourth-order valence-electron chi connectivity index (χ4n) is 5.29. The number of fused-ring (bicyclic) bond motifs is 1. The Kier molecular flexibility index (Phi) is 7.06. The van der Waals surface area contributed by atoms with Gasteiger partial charge in [0.05, 0.1) is 10.5 Å². The minimum Gasteiger partial charge on any atom is -0.388 e. The zero-order chi connectivity index (χ0) is 22.0. The Bertz CT molecular complexity index is 854. The standard InChI is InChI=1S/C26H41NO2S/c1-20-10-6-7-11-21(20)13-14-22-12-8-17-26(5)23(22)15-16-24(26)27-18-9-19-30(28,29)25(2,3)4/h13-14,16,23,27H,1,6-12,15,17-19H2,2-5H3/b21-13-,22-14+/t23-,26-/m0/s1. The van der Waals surface area contributed by atoms with Crippen molar-refractivity contribution in [1.29, 1.82) is 0 Å². The van der Waals surface area contributed by atoms with Gasteiger partial charge in [0.25, 0.3) is 0 Å². The van der Waals surface area contributed by atoms with Crippen LogP contribution in [0.2, 0.25) is 0 Å². The van der Waals surface area contributed by atoms with Crippen molar-refractivity contribution in [3.63, 3.8) is 0 Å². The Labute approximate surface area is 184 Å². The molecule has 2 atom stereocenters. The van der Waals surface area contributed by atoms with E-state index < -0.39 is 14.6 Å². The van der Waals surface area contributed by atoms with Crippen LogP contribution in [-0.4, -0.2) is 25.5 Å². The molecule has 3 rings (SSSR count). The fraction of sp³-hybridized carbons (Fsp3) is 0.692. The summed E-state index contributed by atoms with van der Waals surface area (Å²) in [7, 11) is -3.05. The molecule has 4 heteroatoms. The van der Waals surface area contributed by atoms with Crippen molar-refractivity contribution >= 4 is 9.84 Å². The molecule has 0 spiro atoms. The predicted octanol–water partition coefficient (Wildman–Crippen LogP) is 6.26. The zero-order valence-electron chi connectivity index (χ0n) is 19.5. The summed E-state index contributed by atoms with van der Waals surface area (Å²) in [5.41, 5.74) is 5.85. The van der Waals surface area contributed by atoms with E-state index in [2.05, 4.69) is 37.0 Å². The van der Waals surface area contributed by atoms with Crippen LogP contribution < -0.4 is 5.32 Å². The summed E-state index contributed by atoms with van der Waals surface area (Å²) in [5, 5.41) is 3.62. The summed E-state index contributed by atoms with van der Waals surface area (Å²) in [6.45, 7) is 12.8. The largest absolute Gasteiger partial charge is 0.388 e. The molecule has 0 unspecified atom stereocenters. The van der Waals surface area contributed by atoms with Gasteiger partial charge in [-0.15, -0.1) is 0 Å². The fourth-order valence-corrected chi connectivity index (χ4v) is 6.42. The summed E-state index contributed by atoms with van der Waals surface area (Å²) in [6, 6.07) is 0. The number of sulfone groups is 1. The molecule has 2 saturated carbocycles. The SMILES string of the molecule is C=C1CCCC/C1=C/C=C1\CCC[C@]2(C)C(NCCCS(=O)(=O)C(C)(C)C)=CC[C@@H]12. The van der Waals surface area contributed by atoms with E-state index >= 15 is 0 Å². The van der Waals surface area contributed by atoms with Crippen LogP contribution in [0.25, 0.3) is 0 Å². The summed E-state index contributed by atoms with van der Waals surface area (Å²) in [5.74, 6) is 0.820. The smallest absolute Gasteiger partial charge is 0.155 e. The van der Waals surface area contributed by atoms with Gasteiger partial charge in [0.1, 0.15) is 0 Å². The molecular weight excluding hydrogens is 390 g/mol. The van der Waals surface area contributed by atoms with Crippen LogP contribution in [0, 0.1) is 11.3 Å². The molecule has 30 heavy (non-hydrogen) atoms. The number of hydrogen-bond acceptors (Lipinski definition) is 3. The lowest BCUT2D eigenvalue weighted by Crippen LogP contribution is -2.36. The van der Waals surface area contributed by atoms with Crippen LogP contribution >= 0.6 is 0 Å².